The molecule has 1 atom stereocenters. The third-order valence-electron chi connectivity index (χ3n) is 2.01. The van der Waals surface area contributed by atoms with Gasteiger partial charge in [0.1, 0.15) is 6.33 Å². The maximum atomic E-state index is 9.75. The van der Waals surface area contributed by atoms with Crippen molar-refractivity contribution in [3.63, 3.8) is 0 Å². The van der Waals surface area contributed by atoms with E-state index in [-0.39, 0.29) is 0 Å². The highest BCUT2D eigenvalue weighted by atomic mass is 16.5. The molecule has 0 fully saturated rings. The van der Waals surface area contributed by atoms with Crippen LogP contribution in [0.2, 0.25) is 0 Å². The highest BCUT2D eigenvalue weighted by Gasteiger charge is 2.09. The first-order chi connectivity index (χ1) is 7.27. The van der Waals surface area contributed by atoms with Gasteiger partial charge in [-0.25, -0.2) is 9.97 Å². The number of rotatable bonds is 5. The molecule has 0 amide bonds. The van der Waals surface area contributed by atoms with Crippen LogP contribution in [-0.2, 0) is 0 Å². The van der Waals surface area contributed by atoms with Crippen molar-refractivity contribution in [3.05, 3.63) is 18.1 Å². The third kappa shape index (κ3) is 3.56. The Morgan fingerprint density at radius 3 is 3.07 bits per heavy atom. The summed E-state index contributed by atoms with van der Waals surface area (Å²) in [6, 6.07) is 1.63. The Hall–Kier alpha value is -1.60. The minimum Gasteiger partial charge on any atom is -0.481 e. The van der Waals surface area contributed by atoms with Crippen molar-refractivity contribution in [1.29, 1.82) is 0 Å². The monoisotopic (exact) mass is 206 g/mol. The van der Waals surface area contributed by atoms with Crippen molar-refractivity contribution in [2.45, 2.75) is 25.4 Å². The maximum Gasteiger partial charge on any atom is 0.216 e. The van der Waals surface area contributed by atoms with Gasteiger partial charge < -0.3 is 9.84 Å². The molecular formula is C11H14N2O2. The Morgan fingerprint density at radius 1 is 1.60 bits per heavy atom. The lowest BCUT2D eigenvalue weighted by Gasteiger charge is -2.09. The van der Waals surface area contributed by atoms with Gasteiger partial charge in [-0.1, -0.05) is 0 Å². The molecule has 4 heteroatoms. The molecule has 0 radical (unpaired) electrons. The van der Waals surface area contributed by atoms with E-state index >= 15 is 0 Å². The molecule has 0 saturated heterocycles. The Labute approximate surface area is 89.3 Å². The Morgan fingerprint density at radius 2 is 2.40 bits per heavy atom. The summed E-state index contributed by atoms with van der Waals surface area (Å²) in [5, 5.41) is 9.75. The maximum absolute atomic E-state index is 9.75. The molecule has 0 aliphatic rings. The molecular weight excluding hydrogens is 192 g/mol. The normalized spacial score (nSPS) is 11.8. The molecule has 1 unspecified atom stereocenters. The summed E-state index contributed by atoms with van der Waals surface area (Å²) in [6.45, 7) is 0. The summed E-state index contributed by atoms with van der Waals surface area (Å²) < 4.78 is 4.94. The number of ether oxygens (including phenoxy) is 1. The summed E-state index contributed by atoms with van der Waals surface area (Å²) in [7, 11) is 1.52. The average Bonchev–Trinajstić information content (AvgIpc) is 2.29. The number of nitrogens with zero attached hydrogens (tertiary/aromatic N) is 2. The largest absolute Gasteiger partial charge is 0.481 e. The molecule has 1 rings (SSSR count). The highest BCUT2D eigenvalue weighted by molar-refractivity contribution is 5.15. The van der Waals surface area contributed by atoms with E-state index in [1.165, 1.54) is 13.4 Å². The second kappa shape index (κ2) is 5.99. The van der Waals surface area contributed by atoms with Gasteiger partial charge in [-0.2, -0.15) is 0 Å². The third-order valence-corrected chi connectivity index (χ3v) is 2.01. The van der Waals surface area contributed by atoms with Crippen LogP contribution in [0.1, 0.15) is 31.1 Å². The number of terminal acetylenes is 1. The van der Waals surface area contributed by atoms with Crippen molar-refractivity contribution in [2.75, 3.05) is 7.11 Å². The van der Waals surface area contributed by atoms with Crippen LogP contribution in [0, 0.1) is 12.3 Å². The molecule has 0 spiro atoms. The first-order valence-corrected chi connectivity index (χ1v) is 4.75. The van der Waals surface area contributed by atoms with Gasteiger partial charge in [0.15, 0.2) is 0 Å². The number of hydrogen-bond acceptors (Lipinski definition) is 4. The Bertz CT molecular complexity index is 347. The van der Waals surface area contributed by atoms with Gasteiger partial charge in [0.2, 0.25) is 5.88 Å². The molecule has 0 aliphatic heterocycles. The van der Waals surface area contributed by atoms with Crippen LogP contribution >= 0.6 is 0 Å². The average molecular weight is 206 g/mol. The molecule has 1 N–H and O–H groups in total. The second-order valence-corrected chi connectivity index (χ2v) is 3.10. The number of aliphatic hydroxyl groups excluding tert-OH is 1. The summed E-state index contributed by atoms with van der Waals surface area (Å²) >= 11 is 0. The molecule has 4 nitrogen and oxygen atoms in total. The van der Waals surface area contributed by atoms with Gasteiger partial charge in [0.05, 0.1) is 18.9 Å². The number of unbranched alkanes of at least 4 members (excludes halogenated alkanes) is 1. The number of aliphatic hydroxyl groups is 1. The molecule has 0 aromatic carbocycles. The molecule has 0 aliphatic carbocycles. The fourth-order valence-corrected chi connectivity index (χ4v) is 1.19. The van der Waals surface area contributed by atoms with Gasteiger partial charge in [-0.15, -0.1) is 12.3 Å². The van der Waals surface area contributed by atoms with Crippen LogP contribution in [0.25, 0.3) is 0 Å². The molecule has 0 saturated carbocycles. The molecule has 1 aromatic rings. The second-order valence-electron chi connectivity index (χ2n) is 3.10. The number of methoxy groups -OCH3 is 1. The van der Waals surface area contributed by atoms with Crippen LogP contribution in [-0.4, -0.2) is 22.2 Å². The zero-order valence-electron chi connectivity index (χ0n) is 8.68. The van der Waals surface area contributed by atoms with Crippen molar-refractivity contribution in [3.8, 4) is 18.2 Å². The minimum atomic E-state index is -0.602. The van der Waals surface area contributed by atoms with Crippen molar-refractivity contribution in [1.82, 2.24) is 9.97 Å². The number of aromatic nitrogens is 2. The van der Waals surface area contributed by atoms with Gasteiger partial charge in [-0.3, -0.25) is 0 Å². The summed E-state index contributed by atoms with van der Waals surface area (Å²) in [6.07, 6.45) is 7.94. The van der Waals surface area contributed by atoms with Crippen LogP contribution in [0.5, 0.6) is 5.88 Å². The van der Waals surface area contributed by atoms with E-state index < -0.39 is 6.10 Å². The Kier molecular flexibility index (Phi) is 4.58. The Balaban J connectivity index is 2.57. The highest BCUT2D eigenvalue weighted by Crippen LogP contribution is 2.18. The first kappa shape index (κ1) is 11.5. The first-order valence-electron chi connectivity index (χ1n) is 4.75. The van der Waals surface area contributed by atoms with Crippen molar-refractivity contribution >= 4 is 0 Å². The zero-order valence-corrected chi connectivity index (χ0v) is 8.68. The molecule has 0 bridgehead atoms. The van der Waals surface area contributed by atoms with E-state index in [9.17, 15) is 5.11 Å². The fourth-order valence-electron chi connectivity index (χ4n) is 1.19. The van der Waals surface area contributed by atoms with E-state index in [1.807, 2.05) is 0 Å². The lowest BCUT2D eigenvalue weighted by molar-refractivity contribution is 0.159. The van der Waals surface area contributed by atoms with Gasteiger partial charge >= 0.3 is 0 Å². The van der Waals surface area contributed by atoms with Crippen LogP contribution in [0.15, 0.2) is 12.4 Å². The smallest absolute Gasteiger partial charge is 0.216 e. The lowest BCUT2D eigenvalue weighted by Crippen LogP contribution is -2.01. The van der Waals surface area contributed by atoms with Crippen LogP contribution in [0.4, 0.5) is 0 Å². The van der Waals surface area contributed by atoms with Crippen LogP contribution < -0.4 is 4.74 Å². The van der Waals surface area contributed by atoms with Gasteiger partial charge in [0, 0.05) is 12.5 Å². The standard InChI is InChI=1S/C11H14N2O2/c1-3-4-5-6-10(14)9-7-11(15-2)13-8-12-9/h1,7-8,10,14H,4-6H2,2H3. The van der Waals surface area contributed by atoms with Crippen molar-refractivity contribution < 1.29 is 9.84 Å². The van der Waals surface area contributed by atoms with Crippen molar-refractivity contribution in [2.24, 2.45) is 0 Å². The molecule has 1 aromatic heterocycles. The summed E-state index contributed by atoms with van der Waals surface area (Å²) in [4.78, 5) is 7.83. The predicted molar refractivity (Wildman–Crippen MR) is 56.2 cm³/mol. The topological polar surface area (TPSA) is 55.2 Å². The summed E-state index contributed by atoms with van der Waals surface area (Å²) in [5.74, 6) is 2.98. The summed E-state index contributed by atoms with van der Waals surface area (Å²) in [5.41, 5.74) is 0.568. The predicted octanol–water partition coefficient (Wildman–Crippen LogP) is 1.32. The van der Waals surface area contributed by atoms with E-state index in [2.05, 4.69) is 15.9 Å². The SMILES string of the molecule is C#CCCCC(O)c1cc(OC)ncn1. The fraction of sp³-hybridized carbons (Fsp3) is 0.455. The van der Waals surface area contributed by atoms with E-state index in [4.69, 9.17) is 11.2 Å². The van der Waals surface area contributed by atoms with Gasteiger partial charge in [-0.05, 0) is 12.8 Å². The van der Waals surface area contributed by atoms with E-state index in [0.717, 1.165) is 6.42 Å². The van der Waals surface area contributed by atoms with E-state index in [0.29, 0.717) is 24.4 Å². The van der Waals surface area contributed by atoms with E-state index in [1.54, 1.807) is 6.07 Å². The quantitative estimate of drug-likeness (QED) is 0.583. The molecule has 15 heavy (non-hydrogen) atoms. The van der Waals surface area contributed by atoms with Gasteiger partial charge in [0.25, 0.3) is 0 Å². The minimum absolute atomic E-state index is 0.455. The molecule has 1 heterocycles. The number of hydrogen-bond donors (Lipinski definition) is 1. The zero-order chi connectivity index (χ0) is 11.1. The van der Waals surface area contributed by atoms with Crippen LogP contribution in [0.3, 0.4) is 0 Å². The molecule has 80 valence electrons. The lowest BCUT2D eigenvalue weighted by atomic mass is 10.1.